The number of benzene rings is 1. The molecular weight excluding hydrogens is 254 g/mol. The largest absolute Gasteiger partial charge is 0.481 e. The molecule has 5 heteroatoms. The van der Waals surface area contributed by atoms with E-state index in [0.29, 0.717) is 11.6 Å². The maximum Gasteiger partial charge on any atom is 0.308 e. The lowest BCUT2D eigenvalue weighted by Crippen LogP contribution is -2.27. The van der Waals surface area contributed by atoms with Gasteiger partial charge >= 0.3 is 5.97 Å². The van der Waals surface area contributed by atoms with Gasteiger partial charge in [0.15, 0.2) is 0 Å². The quantitative estimate of drug-likeness (QED) is 0.891. The summed E-state index contributed by atoms with van der Waals surface area (Å²) in [7, 11) is 0. The predicted octanol–water partition coefficient (Wildman–Crippen LogP) is 1.99. The molecule has 2 rings (SSSR count). The molecule has 0 radical (unpaired) electrons. The third-order valence-corrected chi connectivity index (χ3v) is 3.63. The van der Waals surface area contributed by atoms with Gasteiger partial charge in [-0.1, -0.05) is 23.7 Å². The van der Waals surface area contributed by atoms with Crippen molar-refractivity contribution < 1.29 is 14.7 Å². The number of amides is 1. The average molecular weight is 268 g/mol. The van der Waals surface area contributed by atoms with Gasteiger partial charge in [0, 0.05) is 31.0 Å². The Bertz CT molecular complexity index is 472. The zero-order valence-corrected chi connectivity index (χ0v) is 10.7. The van der Waals surface area contributed by atoms with E-state index in [-0.39, 0.29) is 18.4 Å². The number of halogens is 1. The number of rotatable bonds is 2. The summed E-state index contributed by atoms with van der Waals surface area (Å²) >= 11 is 5.82. The van der Waals surface area contributed by atoms with Crippen LogP contribution in [0.25, 0.3) is 0 Å². The van der Waals surface area contributed by atoms with Gasteiger partial charge in [-0.15, -0.1) is 0 Å². The van der Waals surface area contributed by atoms with Gasteiger partial charge in [-0.2, -0.15) is 0 Å². The van der Waals surface area contributed by atoms with Gasteiger partial charge in [0.05, 0.1) is 5.92 Å². The summed E-state index contributed by atoms with van der Waals surface area (Å²) in [5.41, 5.74) is 0.913. The zero-order chi connectivity index (χ0) is 13.3. The molecule has 0 unspecified atom stereocenters. The Hall–Kier alpha value is -1.55. The molecule has 4 nitrogen and oxygen atoms in total. The van der Waals surface area contributed by atoms with Crippen LogP contribution in [-0.2, 0) is 9.59 Å². The van der Waals surface area contributed by atoms with Crippen LogP contribution in [0.5, 0.6) is 0 Å². The molecule has 0 aliphatic carbocycles. The first-order valence-electron chi connectivity index (χ1n) is 5.73. The molecule has 1 heterocycles. The van der Waals surface area contributed by atoms with Crippen LogP contribution in [0.2, 0.25) is 5.02 Å². The van der Waals surface area contributed by atoms with Crippen molar-refractivity contribution in [1.82, 2.24) is 4.90 Å². The second-order valence-corrected chi connectivity index (χ2v) is 4.96. The fourth-order valence-electron chi connectivity index (χ4n) is 2.36. The Morgan fingerprint density at radius 3 is 2.39 bits per heavy atom. The molecule has 0 saturated carbocycles. The number of nitrogens with zero attached hydrogens (tertiary/aromatic N) is 1. The summed E-state index contributed by atoms with van der Waals surface area (Å²) in [6.45, 7) is 2.19. The molecule has 0 bridgehead atoms. The first kappa shape index (κ1) is 12.9. The maximum atomic E-state index is 11.4. The first-order valence-corrected chi connectivity index (χ1v) is 6.10. The van der Waals surface area contributed by atoms with Gasteiger partial charge in [-0.3, -0.25) is 9.59 Å². The lowest BCUT2D eigenvalue weighted by molar-refractivity contribution is -0.141. The molecule has 1 amide bonds. The van der Waals surface area contributed by atoms with Gasteiger partial charge in [0.25, 0.3) is 0 Å². The Morgan fingerprint density at radius 1 is 1.28 bits per heavy atom. The Labute approximate surface area is 110 Å². The molecule has 18 heavy (non-hydrogen) atoms. The smallest absolute Gasteiger partial charge is 0.308 e. The summed E-state index contributed by atoms with van der Waals surface area (Å²) in [4.78, 5) is 24.2. The van der Waals surface area contributed by atoms with Crippen LogP contribution in [0.15, 0.2) is 24.3 Å². The highest BCUT2D eigenvalue weighted by Gasteiger charge is 2.39. The van der Waals surface area contributed by atoms with E-state index in [1.54, 1.807) is 17.0 Å². The highest BCUT2D eigenvalue weighted by Crippen LogP contribution is 2.33. The van der Waals surface area contributed by atoms with Crippen LogP contribution in [0.4, 0.5) is 0 Å². The molecule has 1 aliphatic heterocycles. The highest BCUT2D eigenvalue weighted by molar-refractivity contribution is 6.30. The van der Waals surface area contributed by atoms with Crippen LogP contribution in [0.3, 0.4) is 0 Å². The van der Waals surface area contributed by atoms with E-state index >= 15 is 0 Å². The van der Waals surface area contributed by atoms with E-state index < -0.39 is 11.9 Å². The van der Waals surface area contributed by atoms with Gasteiger partial charge in [0.2, 0.25) is 5.91 Å². The molecule has 1 N–H and O–H groups in total. The second kappa shape index (κ2) is 4.98. The SMILES string of the molecule is CC(=O)N1C[C@@H](C(=O)O)[C@H](c2ccc(Cl)cc2)C1. The Kier molecular flexibility index (Phi) is 3.57. The predicted molar refractivity (Wildman–Crippen MR) is 67.6 cm³/mol. The average Bonchev–Trinajstić information content (AvgIpc) is 2.75. The Balaban J connectivity index is 2.27. The standard InChI is InChI=1S/C13H14ClNO3/c1-8(16)15-6-11(12(7-15)13(17)18)9-2-4-10(14)5-3-9/h2-5,11-12H,6-7H2,1H3,(H,17,18)/t11-,12+/m0/s1. The first-order chi connectivity index (χ1) is 8.49. The molecule has 96 valence electrons. The van der Waals surface area contributed by atoms with Crippen molar-refractivity contribution in [2.24, 2.45) is 5.92 Å². The van der Waals surface area contributed by atoms with Gasteiger partial charge < -0.3 is 10.0 Å². The summed E-state index contributed by atoms with van der Waals surface area (Å²) < 4.78 is 0. The van der Waals surface area contributed by atoms with Crippen molar-refractivity contribution in [2.45, 2.75) is 12.8 Å². The second-order valence-electron chi connectivity index (χ2n) is 4.53. The van der Waals surface area contributed by atoms with Crippen molar-refractivity contribution >= 4 is 23.5 Å². The molecule has 1 aromatic carbocycles. The molecule has 2 atom stereocenters. The van der Waals surface area contributed by atoms with Crippen molar-refractivity contribution in [3.63, 3.8) is 0 Å². The van der Waals surface area contributed by atoms with E-state index in [2.05, 4.69) is 0 Å². The van der Waals surface area contributed by atoms with E-state index in [1.165, 1.54) is 6.92 Å². The minimum absolute atomic E-state index is 0.0855. The molecule has 0 spiro atoms. The normalized spacial score (nSPS) is 23.1. The summed E-state index contributed by atoms with van der Waals surface area (Å²) in [6, 6.07) is 7.14. The van der Waals surface area contributed by atoms with Crippen LogP contribution in [-0.4, -0.2) is 35.0 Å². The summed E-state index contributed by atoms with van der Waals surface area (Å²) in [5.74, 6) is -1.66. The van der Waals surface area contributed by atoms with Crippen molar-refractivity contribution in [3.05, 3.63) is 34.9 Å². The molecule has 1 aromatic rings. The van der Waals surface area contributed by atoms with Crippen molar-refractivity contribution in [2.75, 3.05) is 13.1 Å². The number of carbonyl (C=O) groups excluding carboxylic acids is 1. The monoisotopic (exact) mass is 267 g/mol. The minimum Gasteiger partial charge on any atom is -0.481 e. The highest BCUT2D eigenvalue weighted by atomic mass is 35.5. The summed E-state index contributed by atoms with van der Waals surface area (Å²) in [5, 5.41) is 9.85. The third-order valence-electron chi connectivity index (χ3n) is 3.38. The van der Waals surface area contributed by atoms with E-state index in [4.69, 9.17) is 11.6 Å². The van der Waals surface area contributed by atoms with Crippen molar-refractivity contribution in [1.29, 1.82) is 0 Å². The van der Waals surface area contributed by atoms with Crippen LogP contribution in [0.1, 0.15) is 18.4 Å². The fourth-order valence-corrected chi connectivity index (χ4v) is 2.48. The number of carboxylic acids is 1. The van der Waals surface area contributed by atoms with Crippen LogP contribution < -0.4 is 0 Å². The summed E-state index contributed by atoms with van der Waals surface area (Å²) in [6.07, 6.45) is 0. The van der Waals surface area contributed by atoms with E-state index in [1.807, 2.05) is 12.1 Å². The molecule has 1 saturated heterocycles. The van der Waals surface area contributed by atoms with E-state index in [0.717, 1.165) is 5.56 Å². The van der Waals surface area contributed by atoms with Gasteiger partial charge in [-0.25, -0.2) is 0 Å². The molecule has 0 aromatic heterocycles. The molecular formula is C13H14ClNO3. The van der Waals surface area contributed by atoms with Crippen LogP contribution >= 0.6 is 11.6 Å². The lowest BCUT2D eigenvalue weighted by Gasteiger charge is -2.15. The topological polar surface area (TPSA) is 57.6 Å². The number of hydrogen-bond donors (Lipinski definition) is 1. The molecule has 1 fully saturated rings. The number of likely N-dealkylation sites (tertiary alicyclic amines) is 1. The third kappa shape index (κ3) is 2.48. The van der Waals surface area contributed by atoms with Gasteiger partial charge in [-0.05, 0) is 17.7 Å². The van der Waals surface area contributed by atoms with E-state index in [9.17, 15) is 14.7 Å². The van der Waals surface area contributed by atoms with Crippen LogP contribution in [0, 0.1) is 5.92 Å². The molecule has 1 aliphatic rings. The Morgan fingerprint density at radius 2 is 1.89 bits per heavy atom. The number of carboxylic acid groups (broad SMARTS) is 1. The van der Waals surface area contributed by atoms with Gasteiger partial charge in [0.1, 0.15) is 0 Å². The number of carbonyl (C=O) groups is 2. The number of hydrogen-bond acceptors (Lipinski definition) is 2. The fraction of sp³-hybridized carbons (Fsp3) is 0.385. The maximum absolute atomic E-state index is 11.4. The number of aliphatic carboxylic acids is 1. The minimum atomic E-state index is -0.862. The van der Waals surface area contributed by atoms with Crippen molar-refractivity contribution in [3.8, 4) is 0 Å². The lowest BCUT2D eigenvalue weighted by atomic mass is 9.89. The zero-order valence-electron chi connectivity index (χ0n) is 9.97.